The number of nitrogens with zero attached hydrogens (tertiary/aromatic N) is 2. The van der Waals surface area contributed by atoms with Crippen molar-refractivity contribution >= 4 is 35.0 Å². The van der Waals surface area contributed by atoms with E-state index in [2.05, 4.69) is 12.2 Å². The van der Waals surface area contributed by atoms with Gasteiger partial charge in [-0.15, -0.1) is 0 Å². The molecule has 2 atom stereocenters. The molecular weight excluding hydrogens is 361 g/mol. The van der Waals surface area contributed by atoms with Crippen molar-refractivity contribution in [2.24, 2.45) is 5.92 Å². The van der Waals surface area contributed by atoms with Crippen LogP contribution in [0.4, 0.5) is 0 Å². The van der Waals surface area contributed by atoms with Crippen LogP contribution in [0.1, 0.15) is 30.1 Å². The first-order valence-electron chi connectivity index (χ1n) is 8.72. The van der Waals surface area contributed by atoms with Crippen LogP contribution in [0, 0.1) is 5.92 Å². The quantitative estimate of drug-likeness (QED) is 0.853. The average Bonchev–Trinajstić information content (AvgIpc) is 2.61. The predicted molar refractivity (Wildman–Crippen MR) is 99.1 cm³/mol. The molecule has 0 radical (unpaired) electrons. The van der Waals surface area contributed by atoms with Gasteiger partial charge >= 0.3 is 0 Å². The molecule has 25 heavy (non-hydrogen) atoms. The Kier molecular flexibility index (Phi) is 5.87. The molecule has 2 saturated heterocycles. The van der Waals surface area contributed by atoms with Gasteiger partial charge in [-0.1, -0.05) is 23.2 Å². The number of nitrogens with one attached hydrogen (secondary N) is 1. The molecule has 1 aromatic rings. The summed E-state index contributed by atoms with van der Waals surface area (Å²) in [6, 6.07) is 5.28. The Labute approximate surface area is 158 Å². The maximum absolute atomic E-state index is 12.7. The smallest absolute Gasteiger partial charge is 0.255 e. The number of hydrogen-bond acceptors (Lipinski definition) is 3. The minimum Gasteiger partial charge on any atom is -0.339 e. The highest BCUT2D eigenvalue weighted by Crippen LogP contribution is 2.24. The molecule has 0 spiro atoms. The lowest BCUT2D eigenvalue weighted by atomic mass is 9.92. The van der Waals surface area contributed by atoms with Crippen LogP contribution in [0.25, 0.3) is 0 Å². The van der Waals surface area contributed by atoms with Crippen LogP contribution in [-0.2, 0) is 4.79 Å². The molecule has 136 valence electrons. The minimum atomic E-state index is -0.107. The van der Waals surface area contributed by atoms with Crippen molar-refractivity contribution < 1.29 is 9.59 Å². The molecule has 5 nitrogen and oxygen atoms in total. The Morgan fingerprint density at radius 2 is 1.80 bits per heavy atom. The standard InChI is InChI=1S/C18H23Cl2N3O2/c1-12-10-13(4-5-21-12)17(24)22-6-8-23(9-7-22)18(25)15-3-2-14(19)11-16(15)20/h2-3,11-13,21H,4-10H2,1H3/t12-,13-/m0/s1. The summed E-state index contributed by atoms with van der Waals surface area (Å²) in [6.45, 7) is 5.23. The van der Waals surface area contributed by atoms with Gasteiger partial charge < -0.3 is 15.1 Å². The van der Waals surface area contributed by atoms with Crippen LogP contribution >= 0.6 is 23.2 Å². The molecule has 0 aromatic heterocycles. The van der Waals surface area contributed by atoms with E-state index < -0.39 is 0 Å². The largest absolute Gasteiger partial charge is 0.339 e. The third-order valence-electron chi connectivity index (χ3n) is 5.01. The molecule has 2 amide bonds. The Hall–Kier alpha value is -1.30. The molecule has 2 aliphatic rings. The van der Waals surface area contributed by atoms with Crippen molar-refractivity contribution in [1.29, 1.82) is 0 Å². The molecular formula is C18H23Cl2N3O2. The highest BCUT2D eigenvalue weighted by molar-refractivity contribution is 6.36. The normalized spacial score (nSPS) is 24.3. The van der Waals surface area contributed by atoms with Crippen molar-refractivity contribution in [3.8, 4) is 0 Å². The summed E-state index contributed by atoms with van der Waals surface area (Å²) < 4.78 is 0. The van der Waals surface area contributed by atoms with Crippen LogP contribution in [0.15, 0.2) is 18.2 Å². The third kappa shape index (κ3) is 4.27. The molecule has 2 heterocycles. The summed E-state index contributed by atoms with van der Waals surface area (Å²) >= 11 is 12.0. The molecule has 2 fully saturated rings. The Morgan fingerprint density at radius 1 is 1.12 bits per heavy atom. The zero-order valence-corrected chi connectivity index (χ0v) is 15.8. The second-order valence-corrected chi connectivity index (χ2v) is 7.66. The lowest BCUT2D eigenvalue weighted by Crippen LogP contribution is -2.53. The van der Waals surface area contributed by atoms with E-state index in [9.17, 15) is 9.59 Å². The van der Waals surface area contributed by atoms with Crippen LogP contribution < -0.4 is 5.32 Å². The molecule has 0 aliphatic carbocycles. The van der Waals surface area contributed by atoms with Crippen molar-refractivity contribution in [3.63, 3.8) is 0 Å². The maximum Gasteiger partial charge on any atom is 0.255 e. The molecule has 1 N–H and O–H groups in total. The van der Waals surface area contributed by atoms with Gasteiger partial charge in [-0.3, -0.25) is 9.59 Å². The number of halogens is 2. The monoisotopic (exact) mass is 383 g/mol. The zero-order valence-electron chi connectivity index (χ0n) is 14.3. The van der Waals surface area contributed by atoms with Gasteiger partial charge in [-0.2, -0.15) is 0 Å². The molecule has 0 saturated carbocycles. The van der Waals surface area contributed by atoms with Gasteiger partial charge in [0.1, 0.15) is 0 Å². The molecule has 0 bridgehead atoms. The minimum absolute atomic E-state index is 0.101. The highest BCUT2D eigenvalue weighted by Gasteiger charge is 2.31. The molecule has 2 aliphatic heterocycles. The van der Waals surface area contributed by atoms with E-state index >= 15 is 0 Å². The first kappa shape index (κ1) is 18.5. The summed E-state index contributed by atoms with van der Waals surface area (Å²) in [4.78, 5) is 29.0. The first-order chi connectivity index (χ1) is 12.0. The van der Waals surface area contributed by atoms with E-state index in [1.54, 1.807) is 23.1 Å². The van der Waals surface area contributed by atoms with E-state index in [0.717, 1.165) is 19.4 Å². The van der Waals surface area contributed by atoms with Gasteiger partial charge in [0.25, 0.3) is 5.91 Å². The number of piperidine rings is 1. The molecule has 3 rings (SSSR count). The van der Waals surface area contributed by atoms with Crippen molar-refractivity contribution in [3.05, 3.63) is 33.8 Å². The summed E-state index contributed by atoms with van der Waals surface area (Å²) in [5.41, 5.74) is 0.457. The second kappa shape index (κ2) is 7.94. The van der Waals surface area contributed by atoms with Gasteiger partial charge in [0.2, 0.25) is 5.91 Å². The van der Waals surface area contributed by atoms with Crippen LogP contribution in [0.5, 0.6) is 0 Å². The Morgan fingerprint density at radius 3 is 2.44 bits per heavy atom. The average molecular weight is 384 g/mol. The van der Waals surface area contributed by atoms with Crippen LogP contribution in [0.3, 0.4) is 0 Å². The van der Waals surface area contributed by atoms with E-state index in [1.165, 1.54) is 0 Å². The fourth-order valence-electron chi connectivity index (χ4n) is 3.58. The number of rotatable bonds is 2. The van der Waals surface area contributed by atoms with Gasteiger partial charge in [0.15, 0.2) is 0 Å². The highest BCUT2D eigenvalue weighted by atomic mass is 35.5. The van der Waals surface area contributed by atoms with Gasteiger partial charge in [-0.25, -0.2) is 0 Å². The number of amides is 2. The lowest BCUT2D eigenvalue weighted by Gasteiger charge is -2.38. The van der Waals surface area contributed by atoms with Crippen molar-refractivity contribution in [2.45, 2.75) is 25.8 Å². The number of hydrogen-bond donors (Lipinski definition) is 1. The fourth-order valence-corrected chi connectivity index (χ4v) is 4.07. The fraction of sp³-hybridized carbons (Fsp3) is 0.556. The second-order valence-electron chi connectivity index (χ2n) is 6.82. The first-order valence-corrected chi connectivity index (χ1v) is 9.48. The van der Waals surface area contributed by atoms with E-state index in [1.807, 2.05) is 4.90 Å². The summed E-state index contributed by atoms with van der Waals surface area (Å²) in [5.74, 6) is 0.221. The van der Waals surface area contributed by atoms with E-state index in [-0.39, 0.29) is 17.7 Å². The van der Waals surface area contributed by atoms with Gasteiger partial charge in [0, 0.05) is 43.2 Å². The third-order valence-corrected chi connectivity index (χ3v) is 5.56. The summed E-state index contributed by atoms with van der Waals surface area (Å²) in [5, 5.41) is 4.24. The van der Waals surface area contributed by atoms with Crippen molar-refractivity contribution in [2.75, 3.05) is 32.7 Å². The van der Waals surface area contributed by atoms with Crippen LogP contribution in [0.2, 0.25) is 10.0 Å². The zero-order chi connectivity index (χ0) is 18.0. The SMILES string of the molecule is C[C@H]1C[C@@H](C(=O)N2CCN(C(=O)c3ccc(Cl)cc3Cl)CC2)CCN1. The lowest BCUT2D eigenvalue weighted by molar-refractivity contribution is -0.138. The van der Waals surface area contributed by atoms with Crippen molar-refractivity contribution in [1.82, 2.24) is 15.1 Å². The Balaban J connectivity index is 1.58. The number of carbonyl (C=O) groups is 2. The number of carbonyl (C=O) groups excluding carboxylic acids is 2. The van der Waals surface area contributed by atoms with E-state index in [4.69, 9.17) is 23.2 Å². The van der Waals surface area contributed by atoms with E-state index in [0.29, 0.717) is 47.8 Å². The topological polar surface area (TPSA) is 52.7 Å². The molecule has 7 heteroatoms. The number of benzene rings is 1. The Bertz CT molecular complexity index is 660. The molecule has 1 aromatic carbocycles. The predicted octanol–water partition coefficient (Wildman–Crippen LogP) is 2.67. The van der Waals surface area contributed by atoms with Gasteiger partial charge in [0.05, 0.1) is 10.6 Å². The number of piperazine rings is 1. The maximum atomic E-state index is 12.7. The van der Waals surface area contributed by atoms with Crippen LogP contribution in [-0.4, -0.2) is 60.4 Å². The summed E-state index contributed by atoms with van der Waals surface area (Å²) in [6.07, 6.45) is 1.78. The molecule has 0 unspecified atom stereocenters. The summed E-state index contributed by atoms with van der Waals surface area (Å²) in [7, 11) is 0. The van der Waals surface area contributed by atoms with Gasteiger partial charge in [-0.05, 0) is 44.5 Å².